The SMILES string of the molecule is CCC(N)CC(=O)N(C)CCCCc1ccccc1. The van der Waals surface area contributed by atoms with Crippen LogP contribution in [0.4, 0.5) is 0 Å². The zero-order valence-electron chi connectivity index (χ0n) is 12.1. The van der Waals surface area contributed by atoms with Crippen LogP contribution in [-0.4, -0.2) is 30.4 Å². The molecule has 0 saturated heterocycles. The molecule has 1 unspecified atom stereocenters. The van der Waals surface area contributed by atoms with E-state index in [1.807, 2.05) is 20.0 Å². The number of unbranched alkanes of at least 4 members (excludes halogenated alkanes) is 1. The molecule has 19 heavy (non-hydrogen) atoms. The number of rotatable bonds is 8. The number of nitrogens with two attached hydrogens (primary N) is 1. The van der Waals surface area contributed by atoms with Gasteiger partial charge >= 0.3 is 0 Å². The van der Waals surface area contributed by atoms with Crippen molar-refractivity contribution in [3.8, 4) is 0 Å². The minimum absolute atomic E-state index is 0.000677. The maximum atomic E-state index is 11.8. The van der Waals surface area contributed by atoms with Gasteiger partial charge in [0.1, 0.15) is 0 Å². The molecule has 1 atom stereocenters. The van der Waals surface area contributed by atoms with Crippen LogP contribution in [0, 0.1) is 0 Å². The minimum atomic E-state index is -0.000677. The summed E-state index contributed by atoms with van der Waals surface area (Å²) >= 11 is 0. The maximum Gasteiger partial charge on any atom is 0.223 e. The lowest BCUT2D eigenvalue weighted by Crippen LogP contribution is -2.33. The van der Waals surface area contributed by atoms with Gasteiger partial charge in [0.2, 0.25) is 5.91 Å². The van der Waals surface area contributed by atoms with Crippen molar-refractivity contribution in [2.45, 2.75) is 45.1 Å². The van der Waals surface area contributed by atoms with Gasteiger partial charge in [-0.05, 0) is 31.2 Å². The van der Waals surface area contributed by atoms with E-state index in [-0.39, 0.29) is 11.9 Å². The zero-order valence-corrected chi connectivity index (χ0v) is 12.1. The highest BCUT2D eigenvalue weighted by atomic mass is 16.2. The van der Waals surface area contributed by atoms with E-state index in [1.165, 1.54) is 5.56 Å². The molecule has 3 heteroatoms. The average Bonchev–Trinajstić information content (AvgIpc) is 2.44. The Morgan fingerprint density at radius 1 is 1.26 bits per heavy atom. The maximum absolute atomic E-state index is 11.8. The summed E-state index contributed by atoms with van der Waals surface area (Å²) in [5, 5.41) is 0. The molecule has 0 aliphatic heterocycles. The summed E-state index contributed by atoms with van der Waals surface area (Å²) in [4.78, 5) is 13.6. The average molecular weight is 262 g/mol. The van der Waals surface area contributed by atoms with E-state index in [2.05, 4.69) is 24.3 Å². The Kier molecular flexibility index (Phi) is 7.19. The lowest BCUT2D eigenvalue weighted by molar-refractivity contribution is -0.130. The van der Waals surface area contributed by atoms with Crippen LogP contribution in [0.1, 0.15) is 38.2 Å². The zero-order chi connectivity index (χ0) is 14.1. The normalized spacial score (nSPS) is 12.2. The first-order valence-electron chi connectivity index (χ1n) is 7.17. The van der Waals surface area contributed by atoms with Crippen LogP contribution in [-0.2, 0) is 11.2 Å². The summed E-state index contributed by atoms with van der Waals surface area (Å²) in [5.41, 5.74) is 7.16. The molecule has 0 fully saturated rings. The van der Waals surface area contributed by atoms with E-state index >= 15 is 0 Å². The molecule has 0 spiro atoms. The number of aryl methyl sites for hydroxylation is 1. The molecule has 1 aromatic carbocycles. The largest absolute Gasteiger partial charge is 0.346 e. The number of amides is 1. The van der Waals surface area contributed by atoms with Crippen molar-refractivity contribution < 1.29 is 4.79 Å². The second-order valence-electron chi connectivity index (χ2n) is 5.13. The molecule has 1 aromatic rings. The van der Waals surface area contributed by atoms with Crippen molar-refractivity contribution in [2.24, 2.45) is 5.73 Å². The van der Waals surface area contributed by atoms with Crippen molar-refractivity contribution in [3.63, 3.8) is 0 Å². The van der Waals surface area contributed by atoms with Crippen molar-refractivity contribution in [1.29, 1.82) is 0 Å². The van der Waals surface area contributed by atoms with Crippen LogP contribution >= 0.6 is 0 Å². The Hall–Kier alpha value is -1.35. The van der Waals surface area contributed by atoms with Gasteiger partial charge in [-0.1, -0.05) is 37.3 Å². The van der Waals surface area contributed by atoms with Gasteiger partial charge < -0.3 is 10.6 Å². The molecule has 3 nitrogen and oxygen atoms in total. The lowest BCUT2D eigenvalue weighted by Gasteiger charge is -2.19. The van der Waals surface area contributed by atoms with Gasteiger partial charge in [-0.25, -0.2) is 0 Å². The summed E-state index contributed by atoms with van der Waals surface area (Å²) in [6.45, 7) is 2.83. The van der Waals surface area contributed by atoms with E-state index in [9.17, 15) is 4.79 Å². The number of carbonyl (C=O) groups is 1. The third-order valence-electron chi connectivity index (χ3n) is 3.44. The standard InChI is InChI=1S/C16H26N2O/c1-3-15(17)13-16(19)18(2)12-8-7-11-14-9-5-4-6-10-14/h4-6,9-10,15H,3,7-8,11-13,17H2,1-2H3. The first-order valence-corrected chi connectivity index (χ1v) is 7.17. The molecule has 0 bridgehead atoms. The topological polar surface area (TPSA) is 46.3 Å². The molecule has 2 N–H and O–H groups in total. The molecule has 0 heterocycles. The van der Waals surface area contributed by atoms with Gasteiger partial charge in [0, 0.05) is 26.1 Å². The van der Waals surface area contributed by atoms with Crippen LogP contribution in [0.5, 0.6) is 0 Å². The minimum Gasteiger partial charge on any atom is -0.346 e. The molecule has 1 rings (SSSR count). The molecular weight excluding hydrogens is 236 g/mol. The number of carbonyl (C=O) groups excluding carboxylic acids is 1. The van der Waals surface area contributed by atoms with Gasteiger partial charge in [-0.15, -0.1) is 0 Å². The van der Waals surface area contributed by atoms with E-state index in [1.54, 1.807) is 4.90 Å². The van der Waals surface area contributed by atoms with Crippen molar-refractivity contribution >= 4 is 5.91 Å². The number of benzene rings is 1. The first kappa shape index (κ1) is 15.7. The molecule has 0 aromatic heterocycles. The second kappa shape index (κ2) is 8.70. The predicted molar refractivity (Wildman–Crippen MR) is 79.9 cm³/mol. The van der Waals surface area contributed by atoms with Gasteiger partial charge in [0.05, 0.1) is 0 Å². The highest BCUT2D eigenvalue weighted by Gasteiger charge is 2.11. The van der Waals surface area contributed by atoms with Gasteiger partial charge in [0.15, 0.2) is 0 Å². The Bertz CT molecular complexity index is 364. The van der Waals surface area contributed by atoms with Gasteiger partial charge in [-0.2, -0.15) is 0 Å². The third kappa shape index (κ3) is 6.39. The van der Waals surface area contributed by atoms with Crippen molar-refractivity contribution in [1.82, 2.24) is 4.90 Å². The van der Waals surface area contributed by atoms with Crippen LogP contribution in [0.2, 0.25) is 0 Å². The summed E-state index contributed by atoms with van der Waals surface area (Å²) in [7, 11) is 1.87. The molecule has 0 aliphatic rings. The quantitative estimate of drug-likeness (QED) is 0.732. The third-order valence-corrected chi connectivity index (χ3v) is 3.44. The van der Waals surface area contributed by atoms with Crippen LogP contribution in [0.3, 0.4) is 0 Å². The van der Waals surface area contributed by atoms with E-state index in [0.29, 0.717) is 6.42 Å². The number of nitrogens with zero attached hydrogens (tertiary/aromatic N) is 1. The van der Waals surface area contributed by atoms with E-state index in [0.717, 1.165) is 32.2 Å². The van der Waals surface area contributed by atoms with Crippen molar-refractivity contribution in [3.05, 3.63) is 35.9 Å². The van der Waals surface area contributed by atoms with Gasteiger partial charge in [0.25, 0.3) is 0 Å². The number of hydrogen-bond acceptors (Lipinski definition) is 2. The summed E-state index contributed by atoms with van der Waals surface area (Å²) in [6.07, 6.45) is 4.55. The highest BCUT2D eigenvalue weighted by Crippen LogP contribution is 2.06. The fourth-order valence-electron chi connectivity index (χ4n) is 1.97. The molecule has 0 radical (unpaired) electrons. The monoisotopic (exact) mass is 262 g/mol. The summed E-state index contributed by atoms with van der Waals surface area (Å²) in [5.74, 6) is 0.161. The molecule has 1 amide bonds. The van der Waals surface area contributed by atoms with Crippen molar-refractivity contribution in [2.75, 3.05) is 13.6 Å². The molecule has 0 saturated carbocycles. The first-order chi connectivity index (χ1) is 9.13. The fraction of sp³-hybridized carbons (Fsp3) is 0.562. The smallest absolute Gasteiger partial charge is 0.223 e. The second-order valence-corrected chi connectivity index (χ2v) is 5.13. The fourth-order valence-corrected chi connectivity index (χ4v) is 1.97. The Morgan fingerprint density at radius 2 is 1.95 bits per heavy atom. The van der Waals surface area contributed by atoms with Crippen LogP contribution in [0.25, 0.3) is 0 Å². The summed E-state index contributed by atoms with van der Waals surface area (Å²) < 4.78 is 0. The highest BCUT2D eigenvalue weighted by molar-refractivity contribution is 5.76. The van der Waals surface area contributed by atoms with E-state index in [4.69, 9.17) is 5.73 Å². The molecule has 106 valence electrons. The Balaban J connectivity index is 2.16. The molecular formula is C16H26N2O. The summed E-state index contributed by atoms with van der Waals surface area (Å²) in [6, 6.07) is 10.5. The predicted octanol–water partition coefficient (Wildman–Crippen LogP) is 2.60. The van der Waals surface area contributed by atoms with Gasteiger partial charge in [-0.3, -0.25) is 4.79 Å². The lowest BCUT2D eigenvalue weighted by atomic mass is 10.1. The van der Waals surface area contributed by atoms with E-state index < -0.39 is 0 Å². The number of hydrogen-bond donors (Lipinski definition) is 1. The molecule has 0 aliphatic carbocycles. The Morgan fingerprint density at radius 3 is 2.58 bits per heavy atom. The van der Waals surface area contributed by atoms with Crippen LogP contribution < -0.4 is 5.73 Å². The Labute approximate surface area is 116 Å². The van der Waals surface area contributed by atoms with Crippen LogP contribution in [0.15, 0.2) is 30.3 Å².